The molecule has 1 aromatic carbocycles. The molecule has 1 amide bonds. The topological polar surface area (TPSA) is 76.8 Å². The molecule has 3 aromatic rings. The molecule has 1 fully saturated rings. The Morgan fingerprint density at radius 3 is 2.87 bits per heavy atom. The van der Waals surface area contributed by atoms with Gasteiger partial charge in [0.05, 0.1) is 6.61 Å². The van der Waals surface area contributed by atoms with E-state index in [1.807, 2.05) is 30.0 Å². The van der Waals surface area contributed by atoms with Gasteiger partial charge in [-0.15, -0.1) is 0 Å². The summed E-state index contributed by atoms with van der Waals surface area (Å²) < 4.78 is 17.1. The number of benzene rings is 1. The van der Waals surface area contributed by atoms with E-state index in [0.717, 1.165) is 42.5 Å². The molecule has 0 unspecified atom stereocenters. The SMILES string of the molecule is COCCOc1cc(C(=O)N(C(C)C)[C@@H]2CCCNC2)nc2c1ccc1cc(C)oc12. The fraction of sp³-hybridized carbons (Fsp3) is 0.500. The van der Waals surface area contributed by atoms with Crippen molar-refractivity contribution in [3.05, 3.63) is 35.7 Å². The minimum absolute atomic E-state index is 0.0643. The van der Waals surface area contributed by atoms with Crippen LogP contribution >= 0.6 is 0 Å². The highest BCUT2D eigenvalue weighted by atomic mass is 16.5. The van der Waals surface area contributed by atoms with Gasteiger partial charge in [-0.2, -0.15) is 0 Å². The van der Waals surface area contributed by atoms with E-state index >= 15 is 0 Å². The van der Waals surface area contributed by atoms with Crippen molar-refractivity contribution in [3.8, 4) is 5.75 Å². The van der Waals surface area contributed by atoms with Gasteiger partial charge in [0.1, 0.15) is 29.3 Å². The number of methoxy groups -OCH3 is 1. The normalized spacial score (nSPS) is 16.9. The number of furan rings is 1. The summed E-state index contributed by atoms with van der Waals surface area (Å²) in [4.78, 5) is 20.4. The second-order valence-corrected chi connectivity index (χ2v) is 8.39. The highest BCUT2D eigenvalue weighted by Gasteiger charge is 2.30. The van der Waals surface area contributed by atoms with Crippen molar-refractivity contribution in [3.63, 3.8) is 0 Å². The molecule has 1 atom stereocenters. The molecule has 4 rings (SSSR count). The number of amides is 1. The summed E-state index contributed by atoms with van der Waals surface area (Å²) in [5, 5.41) is 5.20. The van der Waals surface area contributed by atoms with Gasteiger partial charge in [0.25, 0.3) is 5.91 Å². The molecule has 0 saturated carbocycles. The molecule has 7 nitrogen and oxygen atoms in total. The first-order chi connectivity index (χ1) is 15.0. The van der Waals surface area contributed by atoms with Gasteiger partial charge >= 0.3 is 0 Å². The van der Waals surface area contributed by atoms with Crippen LogP contribution in [0.15, 0.2) is 28.7 Å². The number of carbonyl (C=O) groups is 1. The standard InChI is InChI=1S/C24H31N3O4/c1-15(2)27(18-6-5-9-25-14-18)24(28)20-13-21(30-11-10-29-4)19-8-7-17-12-16(3)31-23(17)22(19)26-20/h7-8,12-13,15,18,25H,5-6,9-11,14H2,1-4H3/t18-/m1/s1. The number of carbonyl (C=O) groups excluding carboxylic acids is 1. The van der Waals surface area contributed by atoms with Crippen molar-refractivity contribution >= 4 is 27.8 Å². The molecular formula is C24H31N3O4. The van der Waals surface area contributed by atoms with E-state index in [0.29, 0.717) is 35.8 Å². The Kier molecular flexibility index (Phi) is 6.43. The average Bonchev–Trinajstić information content (AvgIpc) is 3.15. The second-order valence-electron chi connectivity index (χ2n) is 8.39. The van der Waals surface area contributed by atoms with E-state index in [1.54, 1.807) is 13.2 Å². The number of hydrogen-bond donors (Lipinski definition) is 1. The molecule has 1 saturated heterocycles. The number of hydrogen-bond acceptors (Lipinski definition) is 6. The summed E-state index contributed by atoms with van der Waals surface area (Å²) in [5.74, 6) is 1.34. The number of ether oxygens (including phenoxy) is 2. The highest BCUT2D eigenvalue weighted by Crippen LogP contribution is 2.33. The van der Waals surface area contributed by atoms with Crippen LogP contribution < -0.4 is 10.1 Å². The third kappa shape index (κ3) is 4.38. The summed E-state index contributed by atoms with van der Waals surface area (Å²) >= 11 is 0. The number of piperidine rings is 1. The fourth-order valence-corrected chi connectivity index (χ4v) is 4.37. The van der Waals surface area contributed by atoms with E-state index in [1.165, 1.54) is 0 Å². The molecule has 0 spiro atoms. The Bertz CT molecular complexity index is 1070. The molecule has 3 heterocycles. The maximum Gasteiger partial charge on any atom is 0.273 e. The Morgan fingerprint density at radius 2 is 2.16 bits per heavy atom. The minimum Gasteiger partial charge on any atom is -0.490 e. The van der Waals surface area contributed by atoms with Crippen LogP contribution in [0.25, 0.3) is 21.9 Å². The maximum atomic E-state index is 13.7. The molecule has 2 aromatic heterocycles. The van der Waals surface area contributed by atoms with Crippen molar-refractivity contribution in [1.29, 1.82) is 0 Å². The predicted molar refractivity (Wildman–Crippen MR) is 121 cm³/mol. The van der Waals surface area contributed by atoms with E-state index in [-0.39, 0.29) is 18.0 Å². The monoisotopic (exact) mass is 425 g/mol. The molecule has 7 heteroatoms. The van der Waals surface area contributed by atoms with E-state index in [4.69, 9.17) is 18.9 Å². The Balaban J connectivity index is 1.81. The van der Waals surface area contributed by atoms with Crippen LogP contribution in [0, 0.1) is 6.92 Å². The van der Waals surface area contributed by atoms with Crippen LogP contribution in [0.2, 0.25) is 0 Å². The number of nitrogens with one attached hydrogen (secondary N) is 1. The molecule has 0 radical (unpaired) electrons. The number of pyridine rings is 1. The Morgan fingerprint density at radius 1 is 1.32 bits per heavy atom. The quantitative estimate of drug-likeness (QED) is 0.578. The molecule has 31 heavy (non-hydrogen) atoms. The van der Waals surface area contributed by atoms with Crippen molar-refractivity contribution in [1.82, 2.24) is 15.2 Å². The molecule has 1 N–H and O–H groups in total. The lowest BCUT2D eigenvalue weighted by Gasteiger charge is -2.37. The van der Waals surface area contributed by atoms with Crippen LogP contribution in [-0.2, 0) is 4.74 Å². The molecule has 166 valence electrons. The Hall–Kier alpha value is -2.64. The van der Waals surface area contributed by atoms with Gasteiger partial charge in [-0.3, -0.25) is 4.79 Å². The number of nitrogens with zero attached hydrogens (tertiary/aromatic N) is 2. The molecule has 0 bridgehead atoms. The molecule has 0 aliphatic carbocycles. The maximum absolute atomic E-state index is 13.7. The zero-order chi connectivity index (χ0) is 22.0. The van der Waals surface area contributed by atoms with Gasteiger partial charge < -0.3 is 24.1 Å². The van der Waals surface area contributed by atoms with Gasteiger partial charge in [0.15, 0.2) is 5.58 Å². The molecular weight excluding hydrogens is 394 g/mol. The van der Waals surface area contributed by atoms with Crippen molar-refractivity contribution in [2.24, 2.45) is 0 Å². The van der Waals surface area contributed by atoms with Gasteiger partial charge in [-0.1, -0.05) is 6.07 Å². The number of aryl methyl sites for hydroxylation is 1. The van der Waals surface area contributed by atoms with Crippen LogP contribution in [0.5, 0.6) is 5.75 Å². The van der Waals surface area contributed by atoms with Gasteiger partial charge in [0, 0.05) is 42.6 Å². The zero-order valence-corrected chi connectivity index (χ0v) is 18.7. The van der Waals surface area contributed by atoms with Crippen LogP contribution in [0.1, 0.15) is 42.9 Å². The van der Waals surface area contributed by atoms with Gasteiger partial charge in [-0.05, 0) is 52.3 Å². The predicted octanol–water partition coefficient (Wildman–Crippen LogP) is 3.92. The van der Waals surface area contributed by atoms with Crippen LogP contribution in [-0.4, -0.2) is 61.3 Å². The van der Waals surface area contributed by atoms with Gasteiger partial charge in [-0.25, -0.2) is 4.98 Å². The lowest BCUT2D eigenvalue weighted by Crippen LogP contribution is -2.51. The van der Waals surface area contributed by atoms with Crippen LogP contribution in [0.3, 0.4) is 0 Å². The summed E-state index contributed by atoms with van der Waals surface area (Å²) in [6.45, 7) is 8.66. The third-order valence-corrected chi connectivity index (χ3v) is 5.77. The third-order valence-electron chi connectivity index (χ3n) is 5.77. The number of aromatic nitrogens is 1. The van der Waals surface area contributed by atoms with Crippen molar-refractivity contribution in [2.75, 3.05) is 33.4 Å². The van der Waals surface area contributed by atoms with E-state index in [9.17, 15) is 4.79 Å². The second kappa shape index (κ2) is 9.24. The first-order valence-corrected chi connectivity index (χ1v) is 11.0. The number of fused-ring (bicyclic) bond motifs is 3. The largest absolute Gasteiger partial charge is 0.490 e. The smallest absolute Gasteiger partial charge is 0.273 e. The first kappa shape index (κ1) is 21.6. The van der Waals surface area contributed by atoms with E-state index in [2.05, 4.69) is 19.2 Å². The molecule has 1 aliphatic rings. The highest BCUT2D eigenvalue weighted by molar-refractivity contribution is 6.06. The summed E-state index contributed by atoms with van der Waals surface area (Å²) in [6.07, 6.45) is 2.05. The summed E-state index contributed by atoms with van der Waals surface area (Å²) in [7, 11) is 1.64. The molecule has 1 aliphatic heterocycles. The lowest BCUT2D eigenvalue weighted by atomic mass is 10.0. The summed E-state index contributed by atoms with van der Waals surface area (Å²) in [5.41, 5.74) is 1.70. The van der Waals surface area contributed by atoms with Crippen molar-refractivity contribution < 1.29 is 18.7 Å². The van der Waals surface area contributed by atoms with Gasteiger partial charge in [0.2, 0.25) is 0 Å². The van der Waals surface area contributed by atoms with Crippen molar-refractivity contribution in [2.45, 2.75) is 45.7 Å². The zero-order valence-electron chi connectivity index (χ0n) is 18.7. The fourth-order valence-electron chi connectivity index (χ4n) is 4.37. The first-order valence-electron chi connectivity index (χ1n) is 11.0. The summed E-state index contributed by atoms with van der Waals surface area (Å²) in [6, 6.07) is 7.92. The minimum atomic E-state index is -0.0810. The lowest BCUT2D eigenvalue weighted by molar-refractivity contribution is 0.0567. The number of rotatable bonds is 7. The van der Waals surface area contributed by atoms with E-state index < -0.39 is 0 Å². The Labute approximate surface area is 182 Å². The van der Waals surface area contributed by atoms with Crippen LogP contribution in [0.4, 0.5) is 0 Å². The average molecular weight is 426 g/mol.